The summed E-state index contributed by atoms with van der Waals surface area (Å²) in [7, 11) is 0. The van der Waals surface area contributed by atoms with Gasteiger partial charge in [0.25, 0.3) is 0 Å². The molecule has 0 aliphatic carbocycles. The minimum absolute atomic E-state index is 0.540. The topological polar surface area (TPSA) is 125 Å². The molecule has 0 spiro atoms. The number of cyclic esters (lactones) is 1. The summed E-state index contributed by atoms with van der Waals surface area (Å²) in [6, 6.07) is -1.15. The number of rotatable bonds is 2. The molecular formula is C6H12N2O5. The van der Waals surface area contributed by atoms with Crippen LogP contribution in [0.15, 0.2) is 0 Å². The Morgan fingerprint density at radius 2 is 2.08 bits per heavy atom. The average molecular weight is 192 g/mol. The molecule has 0 aromatic carbocycles. The predicted molar refractivity (Wildman–Crippen MR) is 40.1 cm³/mol. The Labute approximate surface area is 74.1 Å². The lowest BCUT2D eigenvalue weighted by molar-refractivity contribution is -0.189. The zero-order valence-corrected chi connectivity index (χ0v) is 6.75. The third-order valence-corrected chi connectivity index (χ3v) is 1.95. The Hall–Kier alpha value is -0.730. The highest BCUT2D eigenvalue weighted by Crippen LogP contribution is 2.15. The molecule has 1 aliphatic rings. The van der Waals surface area contributed by atoms with Crippen molar-refractivity contribution >= 4 is 5.97 Å². The number of ether oxygens (including phenoxy) is 1. The van der Waals surface area contributed by atoms with E-state index in [0.717, 1.165) is 0 Å². The van der Waals surface area contributed by atoms with E-state index in [9.17, 15) is 15.0 Å². The van der Waals surface area contributed by atoms with E-state index in [-0.39, 0.29) is 0 Å². The summed E-state index contributed by atoms with van der Waals surface area (Å²) < 4.78 is 4.58. The summed E-state index contributed by atoms with van der Waals surface area (Å²) in [4.78, 5) is 11.0. The molecule has 0 radical (unpaired) electrons. The maximum Gasteiger partial charge on any atom is 0.327 e. The molecule has 0 saturated carbocycles. The minimum Gasteiger partial charge on any atom is -0.456 e. The maximum absolute atomic E-state index is 11.0. The third-order valence-electron chi connectivity index (χ3n) is 1.95. The highest BCUT2D eigenvalue weighted by atomic mass is 16.6. The van der Waals surface area contributed by atoms with Gasteiger partial charge in [-0.05, 0) is 0 Å². The maximum atomic E-state index is 11.0. The smallest absolute Gasteiger partial charge is 0.327 e. The number of hydrogen-bond donors (Lipinski definition) is 5. The van der Waals surface area contributed by atoms with Crippen molar-refractivity contribution in [1.29, 1.82) is 0 Å². The molecule has 1 saturated heterocycles. The van der Waals surface area contributed by atoms with Gasteiger partial charge in [-0.2, -0.15) is 0 Å². The first kappa shape index (κ1) is 10.4. The van der Waals surface area contributed by atoms with Crippen molar-refractivity contribution in [1.82, 2.24) is 5.43 Å². The number of nitrogens with one attached hydrogen (secondary N) is 1. The van der Waals surface area contributed by atoms with Crippen LogP contribution in [-0.4, -0.2) is 52.2 Å². The van der Waals surface area contributed by atoms with E-state index >= 15 is 0 Å². The third kappa shape index (κ3) is 1.79. The molecule has 13 heavy (non-hydrogen) atoms. The van der Waals surface area contributed by atoms with Crippen LogP contribution in [0.1, 0.15) is 0 Å². The number of esters is 1. The van der Waals surface area contributed by atoms with Crippen LogP contribution in [0.2, 0.25) is 0 Å². The van der Waals surface area contributed by atoms with Gasteiger partial charge in [-0.3, -0.25) is 10.6 Å². The van der Waals surface area contributed by atoms with E-state index in [2.05, 4.69) is 4.74 Å². The monoisotopic (exact) mass is 192 g/mol. The molecule has 0 bridgehead atoms. The summed E-state index contributed by atoms with van der Waals surface area (Å²) in [6.07, 6.45) is -3.79. The van der Waals surface area contributed by atoms with Crippen molar-refractivity contribution in [2.24, 2.45) is 5.84 Å². The molecule has 0 aromatic rings. The second-order valence-corrected chi connectivity index (χ2v) is 2.78. The van der Waals surface area contributed by atoms with Crippen molar-refractivity contribution in [3.63, 3.8) is 0 Å². The second kappa shape index (κ2) is 3.99. The minimum atomic E-state index is -1.37. The van der Waals surface area contributed by atoms with Crippen LogP contribution in [0.4, 0.5) is 0 Å². The lowest BCUT2D eigenvalue weighted by Gasteiger charge is -2.35. The molecule has 1 fully saturated rings. The van der Waals surface area contributed by atoms with Crippen molar-refractivity contribution in [3.05, 3.63) is 0 Å². The molecule has 1 rings (SSSR count). The summed E-state index contributed by atoms with van der Waals surface area (Å²) in [5.41, 5.74) is 2.01. The molecule has 7 nitrogen and oxygen atoms in total. The molecule has 1 aliphatic heterocycles. The zero-order valence-electron chi connectivity index (χ0n) is 6.75. The van der Waals surface area contributed by atoms with E-state index in [0.29, 0.717) is 0 Å². The van der Waals surface area contributed by atoms with Gasteiger partial charge in [-0.15, -0.1) is 0 Å². The number of carbonyl (C=O) groups excluding carboxylic acids is 1. The van der Waals surface area contributed by atoms with E-state index < -0.39 is 36.9 Å². The van der Waals surface area contributed by atoms with E-state index in [4.69, 9.17) is 10.9 Å². The van der Waals surface area contributed by atoms with Crippen molar-refractivity contribution in [3.8, 4) is 0 Å². The van der Waals surface area contributed by atoms with Gasteiger partial charge in [0.2, 0.25) is 0 Å². The fraction of sp³-hybridized carbons (Fsp3) is 0.833. The first-order valence-electron chi connectivity index (χ1n) is 3.75. The summed E-state index contributed by atoms with van der Waals surface area (Å²) in [6.45, 7) is -0.540. The van der Waals surface area contributed by atoms with Gasteiger partial charge in [0, 0.05) is 0 Å². The summed E-state index contributed by atoms with van der Waals surface area (Å²) in [5.74, 6) is 4.16. The number of aliphatic hydroxyl groups excluding tert-OH is 3. The average Bonchev–Trinajstić information content (AvgIpc) is 2.12. The molecule has 6 N–H and O–H groups in total. The van der Waals surface area contributed by atoms with Gasteiger partial charge < -0.3 is 20.1 Å². The number of aliphatic hydroxyl groups is 3. The quantitative estimate of drug-likeness (QED) is 0.174. The molecule has 0 aromatic heterocycles. The lowest BCUT2D eigenvalue weighted by atomic mass is 9.98. The number of nitrogens with two attached hydrogens (primary N) is 1. The van der Waals surface area contributed by atoms with Gasteiger partial charge in [-0.1, -0.05) is 0 Å². The van der Waals surface area contributed by atoms with E-state index in [1.165, 1.54) is 0 Å². The van der Waals surface area contributed by atoms with E-state index in [1.807, 2.05) is 5.43 Å². The Kier molecular flexibility index (Phi) is 3.17. The van der Waals surface area contributed by atoms with Crippen LogP contribution in [0.5, 0.6) is 0 Å². The first-order chi connectivity index (χ1) is 6.11. The standard InChI is InChI=1S/C6H12N2O5/c7-8-3-5(11)4(10)2(1-9)13-6(3)12/h2-5,8-11H,1,7H2. The van der Waals surface area contributed by atoms with Crippen LogP contribution in [0.3, 0.4) is 0 Å². The Bertz CT molecular complexity index is 199. The van der Waals surface area contributed by atoms with Crippen LogP contribution in [0, 0.1) is 0 Å². The van der Waals surface area contributed by atoms with Gasteiger partial charge in [-0.25, -0.2) is 5.43 Å². The molecule has 0 amide bonds. The van der Waals surface area contributed by atoms with Crippen LogP contribution in [0.25, 0.3) is 0 Å². The molecule has 4 atom stereocenters. The molecule has 1 heterocycles. The van der Waals surface area contributed by atoms with Gasteiger partial charge in [0.05, 0.1) is 6.61 Å². The van der Waals surface area contributed by atoms with Gasteiger partial charge in [0.1, 0.15) is 18.2 Å². The molecule has 4 unspecified atom stereocenters. The highest BCUT2D eigenvalue weighted by molar-refractivity contribution is 5.77. The van der Waals surface area contributed by atoms with Gasteiger partial charge in [0.15, 0.2) is 6.10 Å². The Morgan fingerprint density at radius 3 is 2.54 bits per heavy atom. The number of hydrazine groups is 1. The Morgan fingerprint density at radius 1 is 1.46 bits per heavy atom. The van der Waals surface area contributed by atoms with Crippen molar-refractivity contribution in [2.75, 3.05) is 6.61 Å². The fourth-order valence-corrected chi connectivity index (χ4v) is 1.16. The molecule has 7 heteroatoms. The SMILES string of the molecule is NNC1C(=O)OC(CO)C(O)C1O. The molecule has 76 valence electrons. The van der Waals surface area contributed by atoms with Crippen molar-refractivity contribution < 1.29 is 24.9 Å². The van der Waals surface area contributed by atoms with Crippen LogP contribution < -0.4 is 11.3 Å². The second-order valence-electron chi connectivity index (χ2n) is 2.78. The first-order valence-corrected chi connectivity index (χ1v) is 3.75. The number of hydrogen-bond acceptors (Lipinski definition) is 7. The van der Waals surface area contributed by atoms with Gasteiger partial charge >= 0.3 is 5.97 Å². The fourth-order valence-electron chi connectivity index (χ4n) is 1.16. The lowest BCUT2D eigenvalue weighted by Crippen LogP contribution is -2.62. The van der Waals surface area contributed by atoms with Crippen LogP contribution in [-0.2, 0) is 9.53 Å². The van der Waals surface area contributed by atoms with E-state index in [1.54, 1.807) is 0 Å². The molecular weight excluding hydrogens is 180 g/mol. The normalized spacial score (nSPS) is 40.2. The highest BCUT2D eigenvalue weighted by Gasteiger charge is 2.43. The Balaban J connectivity index is 2.72. The number of carbonyl (C=O) groups is 1. The van der Waals surface area contributed by atoms with Crippen LogP contribution >= 0.6 is 0 Å². The largest absolute Gasteiger partial charge is 0.456 e. The summed E-state index contributed by atoms with van der Waals surface area (Å²) in [5, 5.41) is 27.2. The zero-order chi connectivity index (χ0) is 10.0. The summed E-state index contributed by atoms with van der Waals surface area (Å²) >= 11 is 0. The predicted octanol–water partition coefficient (Wildman–Crippen LogP) is -3.54. The van der Waals surface area contributed by atoms with Crippen molar-refractivity contribution in [2.45, 2.75) is 24.4 Å².